The number of carbonyl (C=O) groups excluding carboxylic acids is 1. The van der Waals surface area contributed by atoms with Crippen molar-refractivity contribution in [3.05, 3.63) is 36.0 Å². The molecule has 0 bridgehead atoms. The van der Waals surface area contributed by atoms with E-state index in [0.717, 1.165) is 11.3 Å². The zero-order chi connectivity index (χ0) is 9.26. The predicted molar refractivity (Wildman–Crippen MR) is 52.1 cm³/mol. The summed E-state index contributed by atoms with van der Waals surface area (Å²) < 4.78 is 0. The van der Waals surface area contributed by atoms with E-state index in [2.05, 4.69) is 5.32 Å². The maximum Gasteiger partial charge on any atom is 0.183 e. The molecular formula is C10H10N2O. The molecular weight excluding hydrogens is 164 g/mol. The summed E-state index contributed by atoms with van der Waals surface area (Å²) in [6.07, 6.45) is 1.38. The van der Waals surface area contributed by atoms with Crippen LogP contribution in [0.1, 0.15) is 5.56 Å². The van der Waals surface area contributed by atoms with Crippen molar-refractivity contribution in [3.8, 4) is 0 Å². The zero-order valence-electron chi connectivity index (χ0n) is 7.08. The van der Waals surface area contributed by atoms with Gasteiger partial charge in [0.2, 0.25) is 0 Å². The first-order valence-electron chi connectivity index (χ1n) is 4.11. The van der Waals surface area contributed by atoms with E-state index in [1.807, 2.05) is 24.3 Å². The summed E-state index contributed by atoms with van der Waals surface area (Å²) in [5, 5.41) is 3.03. The van der Waals surface area contributed by atoms with E-state index >= 15 is 0 Å². The van der Waals surface area contributed by atoms with Crippen molar-refractivity contribution < 1.29 is 4.79 Å². The van der Waals surface area contributed by atoms with Gasteiger partial charge >= 0.3 is 0 Å². The van der Waals surface area contributed by atoms with Crippen LogP contribution in [0.2, 0.25) is 0 Å². The first kappa shape index (κ1) is 7.86. The molecule has 0 radical (unpaired) electrons. The van der Waals surface area contributed by atoms with E-state index in [-0.39, 0.29) is 5.78 Å². The molecule has 3 heteroatoms. The van der Waals surface area contributed by atoms with Crippen LogP contribution in [0.5, 0.6) is 0 Å². The molecule has 1 aliphatic rings. The minimum absolute atomic E-state index is 0.0428. The lowest BCUT2D eigenvalue weighted by atomic mass is 9.97. The number of nitrogens with two attached hydrogens (primary N) is 1. The molecule has 3 N–H and O–H groups in total. The van der Waals surface area contributed by atoms with Crippen molar-refractivity contribution in [2.75, 3.05) is 11.9 Å². The minimum Gasteiger partial charge on any atom is -0.404 e. The molecule has 1 aromatic carbocycles. The Bertz CT molecular complexity index is 382. The van der Waals surface area contributed by atoms with Gasteiger partial charge in [0.25, 0.3) is 0 Å². The van der Waals surface area contributed by atoms with Crippen molar-refractivity contribution in [2.45, 2.75) is 0 Å². The average Bonchev–Trinajstić information content (AvgIpc) is 2.18. The number of anilines is 1. The van der Waals surface area contributed by atoms with Crippen LogP contribution >= 0.6 is 0 Å². The fraction of sp³-hybridized carbons (Fsp3) is 0.100. The fourth-order valence-electron chi connectivity index (χ4n) is 1.48. The molecule has 66 valence electrons. The van der Waals surface area contributed by atoms with Gasteiger partial charge in [0.05, 0.1) is 6.54 Å². The van der Waals surface area contributed by atoms with Gasteiger partial charge in [0.15, 0.2) is 5.78 Å². The third-order valence-corrected chi connectivity index (χ3v) is 2.12. The predicted octanol–water partition coefficient (Wildman–Crippen LogP) is 0.981. The van der Waals surface area contributed by atoms with Crippen LogP contribution in [-0.4, -0.2) is 12.3 Å². The molecule has 0 unspecified atom stereocenters. The monoisotopic (exact) mass is 174 g/mol. The van der Waals surface area contributed by atoms with Crippen LogP contribution in [0, 0.1) is 0 Å². The van der Waals surface area contributed by atoms with Crippen LogP contribution in [0.15, 0.2) is 30.5 Å². The van der Waals surface area contributed by atoms with Crippen molar-refractivity contribution in [3.63, 3.8) is 0 Å². The highest BCUT2D eigenvalue weighted by Gasteiger charge is 2.19. The van der Waals surface area contributed by atoms with Crippen molar-refractivity contribution in [1.82, 2.24) is 0 Å². The molecule has 0 saturated carbocycles. The molecule has 1 aliphatic heterocycles. The molecule has 0 fully saturated rings. The molecule has 0 atom stereocenters. The third kappa shape index (κ3) is 1.18. The van der Waals surface area contributed by atoms with Gasteiger partial charge in [-0.15, -0.1) is 0 Å². The number of ketones is 1. The van der Waals surface area contributed by atoms with Crippen LogP contribution < -0.4 is 11.1 Å². The Balaban J connectivity index is 2.58. The molecule has 1 aromatic rings. The second kappa shape index (κ2) is 2.94. The van der Waals surface area contributed by atoms with Crippen LogP contribution in [0.3, 0.4) is 0 Å². The minimum atomic E-state index is 0.0428. The van der Waals surface area contributed by atoms with Crippen molar-refractivity contribution >= 4 is 17.0 Å². The van der Waals surface area contributed by atoms with E-state index in [4.69, 9.17) is 5.73 Å². The van der Waals surface area contributed by atoms with Gasteiger partial charge < -0.3 is 11.1 Å². The summed E-state index contributed by atoms with van der Waals surface area (Å²) in [5.74, 6) is 0.0428. The zero-order valence-corrected chi connectivity index (χ0v) is 7.08. The maximum absolute atomic E-state index is 11.4. The Labute approximate surface area is 76.2 Å². The number of rotatable bonds is 0. The first-order valence-corrected chi connectivity index (χ1v) is 4.11. The summed E-state index contributed by atoms with van der Waals surface area (Å²) in [4.78, 5) is 11.4. The highest BCUT2D eigenvalue weighted by Crippen LogP contribution is 2.27. The Morgan fingerprint density at radius 2 is 2.15 bits per heavy atom. The highest BCUT2D eigenvalue weighted by molar-refractivity contribution is 6.25. The molecule has 1 heterocycles. The Morgan fingerprint density at radius 1 is 1.38 bits per heavy atom. The summed E-state index contributed by atoms with van der Waals surface area (Å²) in [6, 6.07) is 7.64. The SMILES string of the molecule is N/C=C1\C(=O)CNc2ccccc21. The smallest absolute Gasteiger partial charge is 0.183 e. The van der Waals surface area contributed by atoms with Crippen LogP contribution in [0.4, 0.5) is 5.69 Å². The topological polar surface area (TPSA) is 55.1 Å². The highest BCUT2D eigenvalue weighted by atomic mass is 16.1. The lowest BCUT2D eigenvalue weighted by molar-refractivity contribution is -0.112. The molecule has 0 aromatic heterocycles. The van der Waals surface area contributed by atoms with Crippen LogP contribution in [0.25, 0.3) is 5.57 Å². The van der Waals surface area contributed by atoms with E-state index in [1.54, 1.807) is 0 Å². The quantitative estimate of drug-likeness (QED) is 0.576. The van der Waals surface area contributed by atoms with Gasteiger partial charge in [0.1, 0.15) is 0 Å². The number of benzene rings is 1. The van der Waals surface area contributed by atoms with E-state index < -0.39 is 0 Å². The Morgan fingerprint density at radius 3 is 2.92 bits per heavy atom. The van der Waals surface area contributed by atoms with Crippen molar-refractivity contribution in [2.24, 2.45) is 5.73 Å². The maximum atomic E-state index is 11.4. The lowest BCUT2D eigenvalue weighted by Crippen LogP contribution is -2.22. The number of para-hydroxylation sites is 1. The summed E-state index contributed by atoms with van der Waals surface area (Å²) in [6.45, 7) is 0.333. The fourth-order valence-corrected chi connectivity index (χ4v) is 1.48. The largest absolute Gasteiger partial charge is 0.404 e. The van der Waals surface area contributed by atoms with E-state index in [0.29, 0.717) is 12.1 Å². The van der Waals surface area contributed by atoms with Gasteiger partial charge in [0, 0.05) is 23.0 Å². The average molecular weight is 174 g/mol. The number of nitrogens with one attached hydrogen (secondary N) is 1. The van der Waals surface area contributed by atoms with E-state index in [9.17, 15) is 4.79 Å². The van der Waals surface area contributed by atoms with E-state index in [1.165, 1.54) is 6.20 Å². The van der Waals surface area contributed by atoms with Crippen molar-refractivity contribution in [1.29, 1.82) is 0 Å². The number of hydrogen-bond donors (Lipinski definition) is 2. The number of Topliss-reactive ketones (excluding diaryl/α,β-unsaturated/α-hetero) is 1. The molecule has 0 saturated heterocycles. The van der Waals surface area contributed by atoms with Gasteiger partial charge in [-0.2, -0.15) is 0 Å². The van der Waals surface area contributed by atoms with Crippen LogP contribution in [-0.2, 0) is 4.79 Å². The van der Waals surface area contributed by atoms with Gasteiger partial charge in [-0.1, -0.05) is 18.2 Å². The molecule has 3 nitrogen and oxygen atoms in total. The summed E-state index contributed by atoms with van der Waals surface area (Å²) in [5.41, 5.74) is 7.86. The second-order valence-electron chi connectivity index (χ2n) is 2.90. The van der Waals surface area contributed by atoms with Gasteiger partial charge in [-0.25, -0.2) is 0 Å². The normalized spacial score (nSPS) is 18.2. The molecule has 0 aliphatic carbocycles. The first-order chi connectivity index (χ1) is 6.33. The number of carbonyl (C=O) groups is 1. The molecule has 2 rings (SSSR count). The standard InChI is InChI=1S/C10H10N2O/c11-5-8-7-3-1-2-4-9(7)12-6-10(8)13/h1-5,12H,6,11H2/b8-5-. The number of hydrogen-bond acceptors (Lipinski definition) is 3. The van der Waals surface area contributed by atoms with Gasteiger partial charge in [-0.3, -0.25) is 4.79 Å². The Kier molecular flexibility index (Phi) is 1.77. The Hall–Kier alpha value is -1.77. The number of fused-ring (bicyclic) bond motifs is 1. The molecule has 13 heavy (non-hydrogen) atoms. The molecule has 0 spiro atoms. The third-order valence-electron chi connectivity index (χ3n) is 2.12. The van der Waals surface area contributed by atoms with Gasteiger partial charge in [-0.05, 0) is 6.07 Å². The summed E-state index contributed by atoms with van der Waals surface area (Å²) in [7, 11) is 0. The second-order valence-corrected chi connectivity index (χ2v) is 2.90. The lowest BCUT2D eigenvalue weighted by Gasteiger charge is -2.18. The summed E-state index contributed by atoms with van der Waals surface area (Å²) >= 11 is 0. The molecule has 0 amide bonds.